The number of hydrogen-bond donors (Lipinski definition) is 0. The van der Waals surface area contributed by atoms with Crippen molar-refractivity contribution in [1.82, 2.24) is 19.4 Å². The van der Waals surface area contributed by atoms with Crippen LogP contribution >= 0.6 is 11.8 Å². The Morgan fingerprint density at radius 2 is 1.89 bits per heavy atom. The minimum absolute atomic E-state index is 0.0757. The number of benzene rings is 1. The first kappa shape index (κ1) is 24.8. The largest absolute Gasteiger partial charge is 0.444 e. The topological polar surface area (TPSA) is 84.7 Å². The van der Waals surface area contributed by atoms with E-state index in [1.54, 1.807) is 58.0 Å². The average Bonchev–Trinajstić information content (AvgIpc) is 3.41. The van der Waals surface area contributed by atoms with Gasteiger partial charge in [0.15, 0.2) is 5.78 Å². The Bertz CT molecular complexity index is 1250. The summed E-state index contributed by atoms with van der Waals surface area (Å²) < 4.78 is 7.50. The number of Topliss-reactive ketones (excluding diaryl/α,β-unsaturated/α-hetero) is 1. The fourth-order valence-corrected chi connectivity index (χ4v) is 5.47. The summed E-state index contributed by atoms with van der Waals surface area (Å²) in [5.41, 5.74) is 1.40. The lowest BCUT2D eigenvalue weighted by Gasteiger charge is -2.31. The van der Waals surface area contributed by atoms with Gasteiger partial charge in [0.2, 0.25) is 5.91 Å². The molecule has 2 amide bonds. The minimum atomic E-state index is -0.719. The summed E-state index contributed by atoms with van der Waals surface area (Å²) >= 11 is 1.51. The van der Waals surface area contributed by atoms with E-state index < -0.39 is 23.1 Å². The van der Waals surface area contributed by atoms with E-state index in [1.165, 1.54) is 21.6 Å². The van der Waals surface area contributed by atoms with E-state index >= 15 is 0 Å². The number of thioether (sulfide) groups is 1. The summed E-state index contributed by atoms with van der Waals surface area (Å²) in [6, 6.07) is 10.5. The molecule has 2 atom stereocenters. The molecule has 0 aliphatic carbocycles. The van der Waals surface area contributed by atoms with Crippen LogP contribution in [0.25, 0.3) is 10.9 Å². The Morgan fingerprint density at radius 3 is 2.54 bits per heavy atom. The molecule has 0 radical (unpaired) electrons. The molecule has 0 spiro atoms. The predicted molar refractivity (Wildman–Crippen MR) is 136 cm³/mol. The Kier molecular flexibility index (Phi) is 6.89. The second-order valence-corrected chi connectivity index (χ2v) is 10.8. The number of para-hydroxylation sites is 1. The molecule has 1 unspecified atom stereocenters. The standard InChI is InChI=1S/C26H30N4O4S/c1-26(2,3)34-25(33)30-21(16-35-24(30)17-9-8-12-27-13-17)23(32)19-14-29(15-22(31)28(4)5)20-11-7-6-10-18(19)20/h6-14,21,24H,15-16H2,1-5H3/t21-,24?/m0/s1. The molecule has 1 aromatic carbocycles. The third-order valence-corrected chi connectivity index (χ3v) is 7.06. The number of rotatable bonds is 5. The number of ketones is 1. The Morgan fingerprint density at radius 1 is 1.14 bits per heavy atom. The van der Waals surface area contributed by atoms with Crippen LogP contribution in [0, 0.1) is 0 Å². The van der Waals surface area contributed by atoms with Gasteiger partial charge in [0.25, 0.3) is 0 Å². The van der Waals surface area contributed by atoms with Crippen LogP contribution in [0.3, 0.4) is 0 Å². The molecule has 0 bridgehead atoms. The van der Waals surface area contributed by atoms with Gasteiger partial charge < -0.3 is 14.2 Å². The normalized spacial score (nSPS) is 18.0. The van der Waals surface area contributed by atoms with Crippen LogP contribution in [0.15, 0.2) is 55.0 Å². The second kappa shape index (κ2) is 9.73. The predicted octanol–water partition coefficient (Wildman–Crippen LogP) is 4.36. The molecule has 4 rings (SSSR count). The van der Waals surface area contributed by atoms with Gasteiger partial charge in [-0.05, 0) is 32.9 Å². The molecule has 9 heteroatoms. The van der Waals surface area contributed by atoms with Gasteiger partial charge in [-0.25, -0.2) is 4.79 Å². The van der Waals surface area contributed by atoms with Crippen LogP contribution in [0.4, 0.5) is 4.79 Å². The molecule has 35 heavy (non-hydrogen) atoms. The van der Waals surface area contributed by atoms with E-state index in [0.29, 0.717) is 11.3 Å². The molecule has 1 fully saturated rings. The van der Waals surface area contributed by atoms with Gasteiger partial charge in [0, 0.05) is 60.5 Å². The minimum Gasteiger partial charge on any atom is -0.444 e. The zero-order chi connectivity index (χ0) is 25.3. The smallest absolute Gasteiger partial charge is 0.412 e. The lowest BCUT2D eigenvalue weighted by atomic mass is 10.0. The highest BCUT2D eigenvalue weighted by atomic mass is 32.2. The van der Waals surface area contributed by atoms with Crippen molar-refractivity contribution in [2.45, 2.75) is 44.3 Å². The van der Waals surface area contributed by atoms with Crippen molar-refractivity contribution in [2.24, 2.45) is 0 Å². The molecule has 3 aromatic rings. The summed E-state index contributed by atoms with van der Waals surface area (Å²) in [5.74, 6) is 0.170. The van der Waals surface area contributed by atoms with E-state index in [-0.39, 0.29) is 18.2 Å². The summed E-state index contributed by atoms with van der Waals surface area (Å²) in [4.78, 5) is 47.0. The van der Waals surface area contributed by atoms with E-state index in [9.17, 15) is 14.4 Å². The maximum Gasteiger partial charge on any atom is 0.412 e. The first-order valence-electron chi connectivity index (χ1n) is 11.4. The molecule has 2 aromatic heterocycles. The Labute approximate surface area is 209 Å². The number of aromatic nitrogens is 2. The van der Waals surface area contributed by atoms with Crippen LogP contribution in [0.5, 0.6) is 0 Å². The second-order valence-electron chi connectivity index (χ2n) is 9.72. The third kappa shape index (κ3) is 5.19. The fraction of sp³-hybridized carbons (Fsp3) is 0.385. The highest BCUT2D eigenvalue weighted by Gasteiger charge is 2.45. The van der Waals surface area contributed by atoms with Crippen molar-refractivity contribution in [3.05, 3.63) is 66.1 Å². The van der Waals surface area contributed by atoms with Gasteiger partial charge in [0.05, 0.1) is 0 Å². The number of ether oxygens (including phenoxy) is 1. The summed E-state index contributed by atoms with van der Waals surface area (Å²) in [5, 5.41) is 0.360. The number of likely N-dealkylation sites (N-methyl/N-ethyl adjacent to an activating group) is 1. The Balaban J connectivity index is 1.73. The van der Waals surface area contributed by atoms with Gasteiger partial charge in [-0.1, -0.05) is 24.3 Å². The molecule has 0 N–H and O–H groups in total. The number of carbonyl (C=O) groups is 3. The molecule has 1 aliphatic heterocycles. The highest BCUT2D eigenvalue weighted by Crippen LogP contribution is 2.43. The Hall–Kier alpha value is -3.33. The van der Waals surface area contributed by atoms with E-state index in [1.807, 2.05) is 36.4 Å². The fourth-order valence-electron chi connectivity index (χ4n) is 4.07. The lowest BCUT2D eigenvalue weighted by molar-refractivity contribution is -0.129. The molecule has 184 valence electrons. The molecule has 8 nitrogen and oxygen atoms in total. The van der Waals surface area contributed by atoms with Crippen molar-refractivity contribution in [1.29, 1.82) is 0 Å². The van der Waals surface area contributed by atoms with Crippen molar-refractivity contribution in [2.75, 3.05) is 19.8 Å². The summed E-state index contributed by atoms with van der Waals surface area (Å²) in [7, 11) is 3.40. The van der Waals surface area contributed by atoms with Gasteiger partial charge in [-0.2, -0.15) is 0 Å². The van der Waals surface area contributed by atoms with E-state index in [0.717, 1.165) is 16.5 Å². The van der Waals surface area contributed by atoms with Crippen molar-refractivity contribution in [3.8, 4) is 0 Å². The average molecular weight is 495 g/mol. The SMILES string of the molecule is CN(C)C(=O)Cn1cc(C(=O)[C@@H]2CSC(c3cccnc3)N2C(=O)OC(C)(C)C)c2ccccc21. The van der Waals surface area contributed by atoms with Crippen molar-refractivity contribution >= 4 is 40.4 Å². The van der Waals surface area contributed by atoms with Crippen LogP contribution in [0.2, 0.25) is 0 Å². The first-order chi connectivity index (χ1) is 16.6. The van der Waals surface area contributed by atoms with Crippen molar-refractivity contribution in [3.63, 3.8) is 0 Å². The zero-order valence-electron chi connectivity index (χ0n) is 20.6. The summed E-state index contributed by atoms with van der Waals surface area (Å²) in [6.45, 7) is 5.53. The number of nitrogens with zero attached hydrogens (tertiary/aromatic N) is 4. The van der Waals surface area contributed by atoms with Crippen molar-refractivity contribution < 1.29 is 19.1 Å². The monoisotopic (exact) mass is 494 g/mol. The van der Waals surface area contributed by atoms with E-state index in [2.05, 4.69) is 4.98 Å². The zero-order valence-corrected chi connectivity index (χ0v) is 21.4. The molecular formula is C26H30N4O4S. The lowest BCUT2D eigenvalue weighted by Crippen LogP contribution is -2.45. The molecule has 0 saturated carbocycles. The quantitative estimate of drug-likeness (QED) is 0.490. The van der Waals surface area contributed by atoms with Gasteiger partial charge in [0.1, 0.15) is 23.6 Å². The molecule has 3 heterocycles. The number of fused-ring (bicyclic) bond motifs is 1. The number of pyridine rings is 1. The maximum atomic E-state index is 14.0. The molecule has 1 saturated heterocycles. The van der Waals surface area contributed by atoms with Crippen LogP contribution < -0.4 is 0 Å². The van der Waals surface area contributed by atoms with Crippen LogP contribution in [0.1, 0.15) is 42.1 Å². The third-order valence-electron chi connectivity index (χ3n) is 5.74. The van der Waals surface area contributed by atoms with E-state index in [4.69, 9.17) is 4.74 Å². The first-order valence-corrected chi connectivity index (χ1v) is 12.5. The number of hydrogen-bond acceptors (Lipinski definition) is 6. The van der Waals surface area contributed by atoms with Gasteiger partial charge in [-0.3, -0.25) is 19.5 Å². The van der Waals surface area contributed by atoms with Crippen LogP contribution in [-0.2, 0) is 16.1 Å². The van der Waals surface area contributed by atoms with Gasteiger partial charge in [-0.15, -0.1) is 11.8 Å². The summed E-state index contributed by atoms with van der Waals surface area (Å²) in [6.07, 6.45) is 4.57. The maximum absolute atomic E-state index is 14.0. The highest BCUT2D eigenvalue weighted by molar-refractivity contribution is 7.99. The molecular weight excluding hydrogens is 464 g/mol. The van der Waals surface area contributed by atoms with Gasteiger partial charge >= 0.3 is 6.09 Å². The number of amides is 2. The molecule has 1 aliphatic rings. The number of carbonyl (C=O) groups excluding carboxylic acids is 3. The van der Waals surface area contributed by atoms with Crippen LogP contribution in [-0.4, -0.2) is 68.6 Å².